The predicted octanol–water partition coefficient (Wildman–Crippen LogP) is 3.54. The zero-order valence-corrected chi connectivity index (χ0v) is 15.4. The van der Waals surface area contributed by atoms with Crippen molar-refractivity contribution in [3.05, 3.63) is 41.4 Å². The summed E-state index contributed by atoms with van der Waals surface area (Å²) in [6.07, 6.45) is 0. The lowest BCUT2D eigenvalue weighted by Crippen LogP contribution is -2.19. The molecule has 0 saturated heterocycles. The summed E-state index contributed by atoms with van der Waals surface area (Å²) in [6.45, 7) is 0.227. The second-order valence-corrected chi connectivity index (χ2v) is 5.68. The highest BCUT2D eigenvalue weighted by molar-refractivity contribution is 7.80. The number of ether oxygens (including phenoxy) is 3. The molecule has 0 bridgehead atoms. The summed E-state index contributed by atoms with van der Waals surface area (Å²) in [4.78, 5) is 0. The van der Waals surface area contributed by atoms with Gasteiger partial charge in [-0.05, 0) is 42.5 Å². The summed E-state index contributed by atoms with van der Waals surface area (Å²) in [7, 11) is 3.09. The third kappa shape index (κ3) is 5.38. The smallest absolute Gasteiger partial charge is 0.175 e. The zero-order chi connectivity index (χ0) is 18.2. The van der Waals surface area contributed by atoms with Crippen LogP contribution < -0.4 is 24.8 Å². The van der Waals surface area contributed by atoms with Gasteiger partial charge in [-0.2, -0.15) is 0 Å². The monoisotopic (exact) mass is 382 g/mol. The van der Waals surface area contributed by atoms with Gasteiger partial charge in [0.05, 0.1) is 31.5 Å². The lowest BCUT2D eigenvalue weighted by Gasteiger charge is -2.15. The Morgan fingerprint density at radius 3 is 2.36 bits per heavy atom. The number of methoxy groups -OCH3 is 2. The van der Waals surface area contributed by atoms with Crippen molar-refractivity contribution in [2.24, 2.45) is 0 Å². The maximum atomic E-state index is 8.75. The molecule has 0 aliphatic carbocycles. The Morgan fingerprint density at radius 1 is 1.08 bits per heavy atom. The molecule has 0 fully saturated rings. The van der Waals surface area contributed by atoms with E-state index in [2.05, 4.69) is 10.6 Å². The number of hydrogen-bond acceptors (Lipinski definition) is 5. The van der Waals surface area contributed by atoms with Gasteiger partial charge >= 0.3 is 0 Å². The molecule has 0 aliphatic heterocycles. The van der Waals surface area contributed by atoms with Gasteiger partial charge in [0.2, 0.25) is 0 Å². The molecule has 0 spiro atoms. The lowest BCUT2D eigenvalue weighted by molar-refractivity contribution is 0.201. The first kappa shape index (κ1) is 19.1. The van der Waals surface area contributed by atoms with Crippen molar-refractivity contribution in [1.82, 2.24) is 0 Å². The van der Waals surface area contributed by atoms with Crippen LogP contribution in [0.25, 0.3) is 0 Å². The van der Waals surface area contributed by atoms with Crippen LogP contribution in [0.4, 0.5) is 11.4 Å². The third-order valence-electron chi connectivity index (χ3n) is 3.19. The Kier molecular flexibility index (Phi) is 7.12. The first-order valence-corrected chi connectivity index (χ1v) is 8.19. The number of aliphatic hydroxyl groups excluding tert-OH is 1. The fourth-order valence-corrected chi connectivity index (χ4v) is 2.51. The zero-order valence-electron chi connectivity index (χ0n) is 13.8. The lowest BCUT2D eigenvalue weighted by atomic mass is 10.2. The maximum absolute atomic E-state index is 8.75. The molecule has 25 heavy (non-hydrogen) atoms. The van der Waals surface area contributed by atoms with Crippen LogP contribution >= 0.6 is 23.8 Å². The normalized spacial score (nSPS) is 10.1. The van der Waals surface area contributed by atoms with Gasteiger partial charge < -0.3 is 30.0 Å². The first-order valence-electron chi connectivity index (χ1n) is 7.40. The Labute approximate surface area is 156 Å². The Balaban J connectivity index is 2.03. The van der Waals surface area contributed by atoms with Crippen molar-refractivity contribution in [3.8, 4) is 17.2 Å². The van der Waals surface area contributed by atoms with Gasteiger partial charge in [0, 0.05) is 11.8 Å². The SMILES string of the molecule is COc1cc(OC)c(NC(=S)Nc2ccc(OCCO)cc2)cc1Cl. The Morgan fingerprint density at radius 2 is 1.76 bits per heavy atom. The number of halogens is 1. The molecule has 2 rings (SSSR count). The molecule has 134 valence electrons. The van der Waals surface area contributed by atoms with Crippen LogP contribution in [0.2, 0.25) is 5.02 Å². The topological polar surface area (TPSA) is 72.0 Å². The maximum Gasteiger partial charge on any atom is 0.175 e. The highest BCUT2D eigenvalue weighted by Gasteiger charge is 2.11. The van der Waals surface area contributed by atoms with E-state index in [-0.39, 0.29) is 13.2 Å². The molecule has 0 saturated carbocycles. The van der Waals surface area contributed by atoms with Crippen molar-refractivity contribution in [3.63, 3.8) is 0 Å². The predicted molar refractivity (Wildman–Crippen MR) is 103 cm³/mol. The number of thiocarbonyl (C=S) groups is 1. The molecule has 0 radical (unpaired) electrons. The number of aliphatic hydroxyl groups is 1. The van der Waals surface area contributed by atoms with Crippen LogP contribution in [0.15, 0.2) is 36.4 Å². The number of nitrogens with one attached hydrogen (secondary N) is 2. The van der Waals surface area contributed by atoms with E-state index in [1.807, 2.05) is 12.1 Å². The summed E-state index contributed by atoms with van der Waals surface area (Å²) in [6, 6.07) is 10.6. The van der Waals surface area contributed by atoms with Gasteiger partial charge in [0.15, 0.2) is 5.11 Å². The Hall–Kier alpha value is -2.22. The second-order valence-electron chi connectivity index (χ2n) is 4.86. The van der Waals surface area contributed by atoms with E-state index in [4.69, 9.17) is 43.1 Å². The van der Waals surface area contributed by atoms with E-state index in [9.17, 15) is 0 Å². The summed E-state index contributed by atoms with van der Waals surface area (Å²) in [5.41, 5.74) is 1.40. The fourth-order valence-electron chi connectivity index (χ4n) is 2.04. The van der Waals surface area contributed by atoms with Gasteiger partial charge in [-0.3, -0.25) is 0 Å². The summed E-state index contributed by atoms with van der Waals surface area (Å²) < 4.78 is 15.8. The molecule has 2 aromatic carbocycles. The van der Waals surface area contributed by atoms with E-state index in [1.54, 1.807) is 31.4 Å². The first-order chi connectivity index (χ1) is 12.1. The minimum Gasteiger partial charge on any atom is -0.495 e. The third-order valence-corrected chi connectivity index (χ3v) is 3.69. The molecule has 0 amide bonds. The molecule has 0 aromatic heterocycles. The molecular weight excluding hydrogens is 364 g/mol. The quantitative estimate of drug-likeness (QED) is 0.632. The van der Waals surface area contributed by atoms with Crippen molar-refractivity contribution < 1.29 is 19.3 Å². The number of anilines is 2. The summed E-state index contributed by atoms with van der Waals surface area (Å²) in [5.74, 6) is 1.74. The van der Waals surface area contributed by atoms with Crippen molar-refractivity contribution >= 4 is 40.3 Å². The molecule has 2 aromatic rings. The van der Waals surface area contributed by atoms with Gasteiger partial charge in [-0.15, -0.1) is 0 Å². The van der Waals surface area contributed by atoms with Crippen molar-refractivity contribution in [2.45, 2.75) is 0 Å². The van der Waals surface area contributed by atoms with E-state index in [1.165, 1.54) is 7.11 Å². The highest BCUT2D eigenvalue weighted by atomic mass is 35.5. The minimum absolute atomic E-state index is 0.0275. The van der Waals surface area contributed by atoms with Crippen LogP contribution in [-0.4, -0.2) is 37.7 Å². The van der Waals surface area contributed by atoms with E-state index < -0.39 is 0 Å². The fraction of sp³-hybridized carbons (Fsp3) is 0.235. The van der Waals surface area contributed by atoms with E-state index >= 15 is 0 Å². The summed E-state index contributed by atoms with van der Waals surface area (Å²) >= 11 is 11.5. The van der Waals surface area contributed by atoms with Crippen molar-refractivity contribution in [2.75, 3.05) is 38.1 Å². The minimum atomic E-state index is -0.0275. The number of hydrogen-bond donors (Lipinski definition) is 3. The molecule has 3 N–H and O–H groups in total. The standard InChI is InChI=1S/C17H19ClN2O4S/c1-22-15-10-16(23-2)14(9-13(15)18)20-17(25)19-11-3-5-12(6-4-11)24-8-7-21/h3-6,9-10,21H,7-8H2,1-2H3,(H2,19,20,25). The van der Waals surface area contributed by atoms with Crippen LogP contribution in [0.1, 0.15) is 0 Å². The van der Waals surface area contributed by atoms with Gasteiger partial charge in [0.25, 0.3) is 0 Å². The molecule has 6 nitrogen and oxygen atoms in total. The van der Waals surface area contributed by atoms with Crippen LogP contribution in [0.5, 0.6) is 17.2 Å². The number of rotatable bonds is 7. The Bertz CT molecular complexity index is 725. The molecule has 0 heterocycles. The molecule has 0 unspecified atom stereocenters. The molecule has 0 atom stereocenters. The molecule has 0 aliphatic rings. The molecule has 8 heteroatoms. The average molecular weight is 383 g/mol. The average Bonchev–Trinajstić information content (AvgIpc) is 2.61. The van der Waals surface area contributed by atoms with Gasteiger partial charge in [-0.25, -0.2) is 0 Å². The largest absolute Gasteiger partial charge is 0.495 e. The van der Waals surface area contributed by atoms with Crippen molar-refractivity contribution in [1.29, 1.82) is 0 Å². The van der Waals surface area contributed by atoms with Crippen LogP contribution in [0.3, 0.4) is 0 Å². The summed E-state index contributed by atoms with van der Waals surface area (Å²) in [5, 5.41) is 15.7. The number of benzene rings is 2. The van der Waals surface area contributed by atoms with Gasteiger partial charge in [-0.1, -0.05) is 11.6 Å². The highest BCUT2D eigenvalue weighted by Crippen LogP contribution is 2.35. The van der Waals surface area contributed by atoms with E-state index in [0.29, 0.717) is 33.1 Å². The van der Waals surface area contributed by atoms with Crippen LogP contribution in [0, 0.1) is 0 Å². The molecular formula is C17H19ClN2O4S. The van der Waals surface area contributed by atoms with Crippen LogP contribution in [-0.2, 0) is 0 Å². The second kappa shape index (κ2) is 9.31. The van der Waals surface area contributed by atoms with Gasteiger partial charge in [0.1, 0.15) is 23.9 Å². The van der Waals surface area contributed by atoms with E-state index in [0.717, 1.165) is 5.69 Å².